The van der Waals surface area contributed by atoms with Gasteiger partial charge in [0, 0.05) is 54.9 Å². The first-order chi connectivity index (χ1) is 20.6. The molecule has 1 N–H and O–H groups in total. The Balaban J connectivity index is 1.36. The normalized spacial score (nSPS) is 11.7. The van der Waals surface area contributed by atoms with Gasteiger partial charge in [0.1, 0.15) is 11.5 Å². The number of para-hydroxylation sites is 2. The quantitative estimate of drug-likeness (QED) is 0.188. The van der Waals surface area contributed by atoms with Crippen molar-refractivity contribution >= 4 is 16.8 Å². The highest BCUT2D eigenvalue weighted by atomic mass is 16.5. The molecule has 208 valence electrons. The smallest absolute Gasteiger partial charge is 0.221 e. The number of fused-ring (bicyclic) bond motifs is 1. The Morgan fingerprint density at radius 3 is 2.36 bits per heavy atom. The molecule has 6 rings (SSSR count). The van der Waals surface area contributed by atoms with E-state index in [1.54, 1.807) is 12.4 Å². The van der Waals surface area contributed by atoms with Gasteiger partial charge in [-0.3, -0.25) is 9.78 Å². The molecule has 4 aromatic carbocycles. The largest absolute Gasteiger partial charge is 0.457 e. The van der Waals surface area contributed by atoms with Gasteiger partial charge in [0.15, 0.2) is 0 Å². The minimum absolute atomic E-state index is 0.0124. The molecule has 0 aliphatic heterocycles. The highest BCUT2D eigenvalue weighted by molar-refractivity contribution is 5.87. The molecule has 5 nitrogen and oxygen atoms in total. The number of aromatic nitrogens is 2. The lowest BCUT2D eigenvalue weighted by atomic mass is 9.88. The summed E-state index contributed by atoms with van der Waals surface area (Å²) in [6, 6.07) is 38.8. The predicted molar refractivity (Wildman–Crippen MR) is 168 cm³/mol. The molecule has 0 saturated carbocycles. The summed E-state index contributed by atoms with van der Waals surface area (Å²) >= 11 is 0. The fraction of sp³-hybridized carbons (Fsp3) is 0.135. The summed E-state index contributed by atoms with van der Waals surface area (Å²) in [4.78, 5) is 17.5. The number of pyridine rings is 1. The number of nitrogens with zero attached hydrogens (tertiary/aromatic N) is 2. The third-order valence-corrected chi connectivity index (χ3v) is 7.54. The zero-order chi connectivity index (χ0) is 28.7. The molecule has 2 aromatic heterocycles. The van der Waals surface area contributed by atoms with E-state index >= 15 is 0 Å². The highest BCUT2D eigenvalue weighted by Crippen LogP contribution is 2.37. The van der Waals surface area contributed by atoms with E-state index in [1.165, 1.54) is 11.1 Å². The van der Waals surface area contributed by atoms with Crippen molar-refractivity contribution in [2.75, 3.05) is 0 Å². The zero-order valence-electron chi connectivity index (χ0n) is 23.6. The maximum absolute atomic E-state index is 13.5. The molecule has 0 bridgehead atoms. The van der Waals surface area contributed by atoms with Gasteiger partial charge >= 0.3 is 0 Å². The number of hydrogen-bond donors (Lipinski definition) is 1. The van der Waals surface area contributed by atoms with Crippen LogP contribution in [-0.4, -0.2) is 15.5 Å². The van der Waals surface area contributed by atoms with Crippen molar-refractivity contribution in [2.24, 2.45) is 0 Å². The maximum atomic E-state index is 13.5. The van der Waals surface area contributed by atoms with E-state index in [2.05, 4.69) is 88.7 Å². The van der Waals surface area contributed by atoms with Crippen LogP contribution in [0.15, 0.2) is 134 Å². The van der Waals surface area contributed by atoms with Crippen LogP contribution in [0.4, 0.5) is 0 Å². The van der Waals surface area contributed by atoms with Crippen LogP contribution in [0, 0.1) is 6.92 Å². The zero-order valence-corrected chi connectivity index (χ0v) is 23.6. The van der Waals surface area contributed by atoms with Gasteiger partial charge in [-0.25, -0.2) is 0 Å². The molecule has 0 radical (unpaired) electrons. The van der Waals surface area contributed by atoms with E-state index in [9.17, 15) is 4.79 Å². The van der Waals surface area contributed by atoms with Crippen LogP contribution >= 0.6 is 0 Å². The molecule has 0 saturated heterocycles. The monoisotopic (exact) mass is 551 g/mol. The minimum atomic E-state index is -0.175. The standard InChI is InChI=1S/C37H33N3O2/c1-27-14-16-29(17-15-27)25-40-26-35(33-12-5-6-13-36(33)40)34(23-37(41)39-24-28-18-20-38-21-19-28)30-8-7-11-32(22-30)42-31-9-3-2-4-10-31/h2-22,26,34H,23-25H2,1H3,(H,39,41). The van der Waals surface area contributed by atoms with Gasteiger partial charge < -0.3 is 14.6 Å². The molecule has 6 aromatic rings. The molecule has 1 unspecified atom stereocenters. The third-order valence-electron chi connectivity index (χ3n) is 7.54. The van der Waals surface area contributed by atoms with Crippen LogP contribution in [0.25, 0.3) is 10.9 Å². The molecule has 1 amide bonds. The second kappa shape index (κ2) is 12.6. The van der Waals surface area contributed by atoms with Crippen molar-refractivity contribution in [1.82, 2.24) is 14.9 Å². The number of ether oxygens (including phenoxy) is 1. The van der Waals surface area contributed by atoms with Gasteiger partial charge in [-0.1, -0.05) is 78.4 Å². The number of rotatable bonds is 10. The Labute approximate surface area is 246 Å². The van der Waals surface area contributed by atoms with Crippen LogP contribution < -0.4 is 10.1 Å². The van der Waals surface area contributed by atoms with Crippen molar-refractivity contribution in [2.45, 2.75) is 32.4 Å². The van der Waals surface area contributed by atoms with Crippen molar-refractivity contribution in [3.8, 4) is 11.5 Å². The molecule has 5 heteroatoms. The predicted octanol–water partition coefficient (Wildman–Crippen LogP) is 8.02. The number of aryl methyl sites for hydroxylation is 1. The molecule has 1 atom stereocenters. The van der Waals surface area contributed by atoms with Gasteiger partial charge in [-0.2, -0.15) is 0 Å². The number of benzene rings is 4. The van der Waals surface area contributed by atoms with Crippen molar-refractivity contribution in [1.29, 1.82) is 0 Å². The van der Waals surface area contributed by atoms with Gasteiger partial charge in [0.25, 0.3) is 0 Å². The topological polar surface area (TPSA) is 56.2 Å². The average molecular weight is 552 g/mol. The summed E-state index contributed by atoms with van der Waals surface area (Å²) in [7, 11) is 0. The summed E-state index contributed by atoms with van der Waals surface area (Å²) in [6.45, 7) is 3.31. The van der Waals surface area contributed by atoms with Crippen LogP contribution in [0.2, 0.25) is 0 Å². The van der Waals surface area contributed by atoms with Crippen LogP contribution in [-0.2, 0) is 17.9 Å². The summed E-state index contributed by atoms with van der Waals surface area (Å²) in [5.41, 5.74) is 6.79. The summed E-state index contributed by atoms with van der Waals surface area (Å²) in [5, 5.41) is 4.26. The Morgan fingerprint density at radius 1 is 0.810 bits per heavy atom. The molecule has 42 heavy (non-hydrogen) atoms. The van der Waals surface area contributed by atoms with E-state index in [0.717, 1.165) is 45.6 Å². The third kappa shape index (κ3) is 6.42. The molecule has 0 spiro atoms. The fourth-order valence-corrected chi connectivity index (χ4v) is 5.36. The Kier molecular flexibility index (Phi) is 8.09. The van der Waals surface area contributed by atoms with Crippen LogP contribution in [0.1, 0.15) is 40.2 Å². The molecule has 2 heterocycles. The number of carbonyl (C=O) groups is 1. The van der Waals surface area contributed by atoms with Crippen molar-refractivity contribution in [3.05, 3.63) is 162 Å². The second-order valence-corrected chi connectivity index (χ2v) is 10.6. The van der Waals surface area contributed by atoms with Gasteiger partial charge in [-0.05, 0) is 71.6 Å². The van der Waals surface area contributed by atoms with Crippen molar-refractivity contribution < 1.29 is 9.53 Å². The first-order valence-electron chi connectivity index (χ1n) is 14.2. The Bertz CT molecular complexity index is 1780. The van der Waals surface area contributed by atoms with Crippen molar-refractivity contribution in [3.63, 3.8) is 0 Å². The van der Waals surface area contributed by atoms with E-state index < -0.39 is 0 Å². The number of nitrogens with one attached hydrogen (secondary N) is 1. The van der Waals surface area contributed by atoms with Gasteiger partial charge in [0.05, 0.1) is 0 Å². The Morgan fingerprint density at radius 2 is 1.55 bits per heavy atom. The first kappa shape index (κ1) is 27.0. The summed E-state index contributed by atoms with van der Waals surface area (Å²) in [6.07, 6.45) is 6.01. The van der Waals surface area contributed by atoms with E-state index in [0.29, 0.717) is 13.0 Å². The van der Waals surface area contributed by atoms with Crippen LogP contribution in [0.5, 0.6) is 11.5 Å². The molecule has 0 fully saturated rings. The number of carbonyl (C=O) groups excluding carboxylic acids is 1. The lowest BCUT2D eigenvalue weighted by Crippen LogP contribution is -2.25. The Hall–Kier alpha value is -5.16. The molecule has 0 aliphatic carbocycles. The highest BCUT2D eigenvalue weighted by Gasteiger charge is 2.23. The SMILES string of the molecule is Cc1ccc(Cn2cc(C(CC(=O)NCc3ccncc3)c3cccc(Oc4ccccc4)c3)c3ccccc32)cc1. The van der Waals surface area contributed by atoms with Gasteiger partial charge in [0.2, 0.25) is 5.91 Å². The summed E-state index contributed by atoms with van der Waals surface area (Å²) in [5.74, 6) is 1.33. The molecular weight excluding hydrogens is 518 g/mol. The van der Waals surface area contributed by atoms with Crippen LogP contribution in [0.3, 0.4) is 0 Å². The van der Waals surface area contributed by atoms with E-state index in [1.807, 2.05) is 54.6 Å². The maximum Gasteiger partial charge on any atom is 0.221 e. The first-order valence-corrected chi connectivity index (χ1v) is 14.2. The van der Waals surface area contributed by atoms with Gasteiger partial charge in [-0.15, -0.1) is 0 Å². The number of amides is 1. The number of hydrogen-bond acceptors (Lipinski definition) is 3. The fourth-order valence-electron chi connectivity index (χ4n) is 5.36. The van der Waals surface area contributed by atoms with E-state index in [4.69, 9.17) is 4.74 Å². The molecular formula is C37H33N3O2. The second-order valence-electron chi connectivity index (χ2n) is 10.6. The lowest BCUT2D eigenvalue weighted by Gasteiger charge is -2.18. The van der Waals surface area contributed by atoms with E-state index in [-0.39, 0.29) is 11.8 Å². The lowest BCUT2D eigenvalue weighted by molar-refractivity contribution is -0.121. The average Bonchev–Trinajstić information content (AvgIpc) is 3.39. The minimum Gasteiger partial charge on any atom is -0.457 e. The summed E-state index contributed by atoms with van der Waals surface area (Å²) < 4.78 is 8.48. The molecule has 0 aliphatic rings.